The van der Waals surface area contributed by atoms with Crippen molar-refractivity contribution in [3.63, 3.8) is 0 Å². The highest BCUT2D eigenvalue weighted by Crippen LogP contribution is 2.19. The van der Waals surface area contributed by atoms with E-state index in [1.165, 1.54) is 11.9 Å². The molecule has 0 bridgehead atoms. The molecular formula is C19H19N7. The minimum atomic E-state index is 0.443. The molecule has 3 aromatic heterocycles. The fourth-order valence-corrected chi connectivity index (χ4v) is 2.87. The molecule has 0 amide bonds. The molecule has 1 aromatic carbocycles. The number of nitrogens with one attached hydrogen (secondary N) is 1. The molecule has 0 aliphatic carbocycles. The molecule has 0 fully saturated rings. The van der Waals surface area contributed by atoms with Crippen molar-refractivity contribution in [2.24, 2.45) is 0 Å². The number of anilines is 2. The van der Waals surface area contributed by atoms with Crippen LogP contribution in [0.3, 0.4) is 0 Å². The van der Waals surface area contributed by atoms with E-state index in [4.69, 9.17) is 5.73 Å². The summed E-state index contributed by atoms with van der Waals surface area (Å²) in [6.07, 6.45) is 6.27. The zero-order chi connectivity index (χ0) is 17.8. The number of benzene rings is 1. The second-order valence-corrected chi connectivity index (χ2v) is 5.96. The number of imidazole rings is 1. The topological polar surface area (TPSA) is 94.5 Å². The van der Waals surface area contributed by atoms with Crippen LogP contribution in [0.1, 0.15) is 11.4 Å². The lowest BCUT2D eigenvalue weighted by Gasteiger charge is -2.10. The van der Waals surface area contributed by atoms with Crippen LogP contribution in [0.5, 0.6) is 0 Å². The van der Waals surface area contributed by atoms with Crippen molar-refractivity contribution in [3.05, 3.63) is 72.6 Å². The Bertz CT molecular complexity index is 1010. The van der Waals surface area contributed by atoms with Crippen LogP contribution < -0.4 is 11.1 Å². The number of aryl methyl sites for hydroxylation is 2. The predicted octanol–water partition coefficient (Wildman–Crippen LogP) is 2.66. The Hall–Kier alpha value is -3.48. The first kappa shape index (κ1) is 16.0. The van der Waals surface area contributed by atoms with Gasteiger partial charge in [-0.05, 0) is 24.1 Å². The number of nitrogens with zero attached hydrogens (tertiary/aromatic N) is 5. The third-order valence-electron chi connectivity index (χ3n) is 4.22. The molecule has 0 saturated heterocycles. The molecule has 130 valence electrons. The van der Waals surface area contributed by atoms with Gasteiger partial charge in [-0.1, -0.05) is 30.3 Å². The van der Waals surface area contributed by atoms with Gasteiger partial charge in [-0.3, -0.25) is 0 Å². The fourth-order valence-electron chi connectivity index (χ4n) is 2.87. The molecule has 0 aliphatic heterocycles. The van der Waals surface area contributed by atoms with E-state index in [2.05, 4.69) is 54.1 Å². The molecule has 0 aliphatic rings. The third kappa shape index (κ3) is 3.46. The number of nitrogen functional groups attached to an aromatic ring is 1. The maximum atomic E-state index is 5.72. The van der Waals surface area contributed by atoms with E-state index < -0.39 is 0 Å². The van der Waals surface area contributed by atoms with Gasteiger partial charge in [-0.15, -0.1) is 0 Å². The number of hydrogen-bond acceptors (Lipinski definition) is 6. The summed E-state index contributed by atoms with van der Waals surface area (Å²) in [5.41, 5.74) is 7.61. The minimum absolute atomic E-state index is 0.443. The average Bonchev–Trinajstić information content (AvgIpc) is 3.12. The summed E-state index contributed by atoms with van der Waals surface area (Å²) >= 11 is 0. The largest absolute Gasteiger partial charge is 0.384 e. The van der Waals surface area contributed by atoms with Crippen LogP contribution in [0, 0.1) is 0 Å². The van der Waals surface area contributed by atoms with Crippen LogP contribution in [-0.4, -0.2) is 24.5 Å². The Morgan fingerprint density at radius 3 is 2.77 bits per heavy atom. The number of hydrogen-bond donors (Lipinski definition) is 2. The van der Waals surface area contributed by atoms with Crippen LogP contribution >= 0.6 is 0 Å². The molecule has 0 atom stereocenters. The van der Waals surface area contributed by atoms with Gasteiger partial charge in [0.1, 0.15) is 23.8 Å². The molecular weight excluding hydrogens is 326 g/mol. The standard InChI is InChI=1S/C19H19N7/c20-16-7-6-15-18(23-13-24-19(15)25-16)22-12-17-21-9-11-26(17)10-8-14-4-2-1-3-5-14/h1-7,9,11,13H,8,10,12H2,(H3,20,22,23,24,25). The van der Waals surface area contributed by atoms with E-state index in [0.29, 0.717) is 18.0 Å². The maximum Gasteiger partial charge on any atom is 0.166 e. The monoisotopic (exact) mass is 345 g/mol. The molecule has 7 nitrogen and oxygen atoms in total. The van der Waals surface area contributed by atoms with E-state index in [0.717, 1.165) is 30.0 Å². The third-order valence-corrected chi connectivity index (χ3v) is 4.22. The van der Waals surface area contributed by atoms with Crippen LogP contribution in [0.15, 0.2) is 61.2 Å². The van der Waals surface area contributed by atoms with Crippen molar-refractivity contribution in [1.82, 2.24) is 24.5 Å². The molecule has 0 unspecified atom stereocenters. The van der Waals surface area contributed by atoms with Gasteiger partial charge >= 0.3 is 0 Å². The summed E-state index contributed by atoms with van der Waals surface area (Å²) in [5, 5.41) is 4.17. The SMILES string of the molecule is Nc1ccc2c(NCc3nccn3CCc3ccccc3)ncnc2n1. The van der Waals surface area contributed by atoms with Crippen LogP contribution in [0.4, 0.5) is 11.6 Å². The van der Waals surface area contributed by atoms with E-state index in [1.807, 2.05) is 24.5 Å². The van der Waals surface area contributed by atoms with Crippen LogP contribution in [-0.2, 0) is 19.5 Å². The molecule has 4 rings (SSSR count). The Morgan fingerprint density at radius 2 is 1.88 bits per heavy atom. The molecule has 0 radical (unpaired) electrons. The van der Waals surface area contributed by atoms with Gasteiger partial charge in [0.15, 0.2) is 5.65 Å². The van der Waals surface area contributed by atoms with Crippen molar-refractivity contribution in [2.45, 2.75) is 19.5 Å². The lowest BCUT2D eigenvalue weighted by atomic mass is 10.1. The number of rotatable bonds is 6. The Kier molecular flexibility index (Phi) is 4.42. The molecule has 3 N–H and O–H groups in total. The zero-order valence-electron chi connectivity index (χ0n) is 14.2. The lowest BCUT2D eigenvalue weighted by molar-refractivity contribution is 0.658. The molecule has 0 spiro atoms. The summed E-state index contributed by atoms with van der Waals surface area (Å²) in [6, 6.07) is 14.1. The second kappa shape index (κ2) is 7.18. The Morgan fingerprint density at radius 1 is 1.00 bits per heavy atom. The van der Waals surface area contributed by atoms with Crippen molar-refractivity contribution >= 4 is 22.7 Å². The lowest BCUT2D eigenvalue weighted by Crippen LogP contribution is -2.11. The normalized spacial score (nSPS) is 10.9. The molecule has 26 heavy (non-hydrogen) atoms. The maximum absolute atomic E-state index is 5.72. The van der Waals surface area contributed by atoms with Gasteiger partial charge in [0.25, 0.3) is 0 Å². The number of pyridine rings is 1. The summed E-state index contributed by atoms with van der Waals surface area (Å²) in [4.78, 5) is 17.2. The van der Waals surface area contributed by atoms with Crippen LogP contribution in [0.2, 0.25) is 0 Å². The van der Waals surface area contributed by atoms with Crippen molar-refractivity contribution < 1.29 is 0 Å². The van der Waals surface area contributed by atoms with E-state index in [-0.39, 0.29) is 0 Å². The first-order chi connectivity index (χ1) is 12.8. The first-order valence-corrected chi connectivity index (χ1v) is 8.44. The molecule has 7 heteroatoms. The molecule has 0 saturated carbocycles. The quantitative estimate of drug-likeness (QED) is 0.558. The first-order valence-electron chi connectivity index (χ1n) is 8.44. The summed E-state index contributed by atoms with van der Waals surface area (Å²) < 4.78 is 2.15. The smallest absolute Gasteiger partial charge is 0.166 e. The van der Waals surface area contributed by atoms with E-state index in [1.54, 1.807) is 6.07 Å². The highest BCUT2D eigenvalue weighted by molar-refractivity contribution is 5.86. The molecule has 4 aromatic rings. The van der Waals surface area contributed by atoms with Gasteiger partial charge in [-0.25, -0.2) is 19.9 Å². The number of nitrogens with two attached hydrogens (primary N) is 1. The van der Waals surface area contributed by atoms with E-state index >= 15 is 0 Å². The highest BCUT2D eigenvalue weighted by Gasteiger charge is 2.07. The van der Waals surface area contributed by atoms with Gasteiger partial charge in [0.05, 0.1) is 11.9 Å². The minimum Gasteiger partial charge on any atom is -0.384 e. The second-order valence-electron chi connectivity index (χ2n) is 5.96. The number of fused-ring (bicyclic) bond motifs is 1. The summed E-state index contributed by atoms with van der Waals surface area (Å²) in [7, 11) is 0. The van der Waals surface area contributed by atoms with Gasteiger partial charge < -0.3 is 15.6 Å². The molecule has 3 heterocycles. The fraction of sp³-hybridized carbons (Fsp3) is 0.158. The summed E-state index contributed by atoms with van der Waals surface area (Å²) in [5.74, 6) is 2.12. The highest BCUT2D eigenvalue weighted by atomic mass is 15.1. The van der Waals surface area contributed by atoms with Gasteiger partial charge in [0.2, 0.25) is 0 Å². The van der Waals surface area contributed by atoms with Crippen molar-refractivity contribution in [1.29, 1.82) is 0 Å². The predicted molar refractivity (Wildman–Crippen MR) is 101 cm³/mol. The Balaban J connectivity index is 1.47. The van der Waals surface area contributed by atoms with Crippen molar-refractivity contribution in [2.75, 3.05) is 11.1 Å². The van der Waals surface area contributed by atoms with Gasteiger partial charge in [-0.2, -0.15) is 0 Å². The van der Waals surface area contributed by atoms with Crippen LogP contribution in [0.25, 0.3) is 11.0 Å². The van der Waals surface area contributed by atoms with Gasteiger partial charge in [0, 0.05) is 18.9 Å². The number of aromatic nitrogens is 5. The summed E-state index contributed by atoms with van der Waals surface area (Å²) in [6.45, 7) is 1.45. The average molecular weight is 345 g/mol. The van der Waals surface area contributed by atoms with E-state index in [9.17, 15) is 0 Å². The zero-order valence-corrected chi connectivity index (χ0v) is 14.2. The Labute approximate surface area is 151 Å². The van der Waals surface area contributed by atoms with Crippen molar-refractivity contribution in [3.8, 4) is 0 Å².